The summed E-state index contributed by atoms with van der Waals surface area (Å²) in [5, 5.41) is 7.50. The molecule has 1 amide bonds. The average molecular weight is 477 g/mol. The van der Waals surface area contributed by atoms with Crippen LogP contribution >= 0.6 is 11.6 Å². The first-order chi connectivity index (χ1) is 16.1. The number of nitrogens with one attached hydrogen (secondary N) is 1. The Kier molecular flexibility index (Phi) is 6.30. The van der Waals surface area contributed by atoms with Gasteiger partial charge in [-0.25, -0.2) is 4.39 Å². The number of pyridine rings is 1. The third kappa shape index (κ3) is 4.75. The number of anilines is 1. The highest BCUT2D eigenvalue weighted by molar-refractivity contribution is 6.35. The molecular formula is C26H22ClFN4O2. The van der Waals surface area contributed by atoms with Crippen LogP contribution in [0.15, 0.2) is 73.1 Å². The van der Waals surface area contributed by atoms with E-state index in [4.69, 9.17) is 11.6 Å². The molecule has 0 aliphatic carbocycles. The smallest absolute Gasteiger partial charge is 0.259 e. The summed E-state index contributed by atoms with van der Waals surface area (Å²) in [5.41, 5.74) is 1.96. The van der Waals surface area contributed by atoms with Gasteiger partial charge in [-0.3, -0.25) is 19.3 Å². The molecule has 8 heteroatoms. The zero-order valence-corrected chi connectivity index (χ0v) is 19.6. The normalized spacial score (nSPS) is 11.3. The maximum Gasteiger partial charge on any atom is 0.259 e. The van der Waals surface area contributed by atoms with Crippen LogP contribution in [0.1, 0.15) is 47.2 Å². The molecule has 2 aromatic carbocycles. The van der Waals surface area contributed by atoms with Gasteiger partial charge in [0.1, 0.15) is 11.5 Å². The van der Waals surface area contributed by atoms with Crippen LogP contribution < -0.4 is 5.32 Å². The summed E-state index contributed by atoms with van der Waals surface area (Å²) in [6, 6.07) is 15.6. The molecule has 34 heavy (non-hydrogen) atoms. The predicted molar refractivity (Wildman–Crippen MR) is 130 cm³/mol. The molecule has 6 nitrogen and oxygen atoms in total. The van der Waals surface area contributed by atoms with E-state index in [1.54, 1.807) is 47.1 Å². The number of halogens is 2. The minimum Gasteiger partial charge on any atom is -0.322 e. The Bertz CT molecular complexity index is 1360. The lowest BCUT2D eigenvalue weighted by Crippen LogP contribution is -2.24. The maximum absolute atomic E-state index is 13.5. The second kappa shape index (κ2) is 9.19. The first kappa shape index (κ1) is 23.3. The molecule has 0 bridgehead atoms. The Labute approximate surface area is 201 Å². The number of ketones is 1. The van der Waals surface area contributed by atoms with E-state index < -0.39 is 11.4 Å². The first-order valence-electron chi connectivity index (χ1n) is 10.6. The van der Waals surface area contributed by atoms with Crippen molar-refractivity contribution in [1.82, 2.24) is 14.8 Å². The number of nitrogens with zero attached hydrogens (tertiary/aromatic N) is 3. The van der Waals surface area contributed by atoms with Gasteiger partial charge in [-0.2, -0.15) is 5.10 Å². The Balaban J connectivity index is 1.69. The molecule has 4 rings (SSSR count). The summed E-state index contributed by atoms with van der Waals surface area (Å²) < 4.78 is 15.3. The molecule has 0 spiro atoms. The zero-order chi connectivity index (χ0) is 24.5. The van der Waals surface area contributed by atoms with Crippen LogP contribution in [0.3, 0.4) is 0 Å². The molecular weight excluding hydrogens is 455 g/mol. The van der Waals surface area contributed by atoms with Crippen LogP contribution in [0.25, 0.3) is 11.3 Å². The molecule has 0 aliphatic heterocycles. The molecule has 0 radical (unpaired) electrons. The lowest BCUT2D eigenvalue weighted by atomic mass is 10.0. The highest BCUT2D eigenvalue weighted by Gasteiger charge is 2.26. The Morgan fingerprint density at radius 3 is 2.38 bits per heavy atom. The van der Waals surface area contributed by atoms with E-state index in [9.17, 15) is 14.0 Å². The predicted octanol–water partition coefficient (Wildman–Crippen LogP) is 5.98. The lowest BCUT2D eigenvalue weighted by molar-refractivity contribution is 0.102. The molecule has 0 unspecified atom stereocenters. The van der Waals surface area contributed by atoms with Crippen molar-refractivity contribution < 1.29 is 14.0 Å². The van der Waals surface area contributed by atoms with E-state index in [0.717, 1.165) is 0 Å². The molecule has 2 aromatic heterocycles. The van der Waals surface area contributed by atoms with Crippen molar-refractivity contribution in [3.05, 3.63) is 101 Å². The number of amides is 1. The van der Waals surface area contributed by atoms with E-state index in [2.05, 4.69) is 15.4 Å². The minimum absolute atomic E-state index is 0.224. The Morgan fingerprint density at radius 2 is 1.74 bits per heavy atom. The van der Waals surface area contributed by atoms with Crippen molar-refractivity contribution >= 4 is 29.0 Å². The van der Waals surface area contributed by atoms with Gasteiger partial charge >= 0.3 is 0 Å². The molecule has 172 valence electrons. The molecule has 0 saturated heterocycles. The topological polar surface area (TPSA) is 76.9 Å². The van der Waals surface area contributed by atoms with Gasteiger partial charge in [0.05, 0.1) is 28.0 Å². The van der Waals surface area contributed by atoms with Gasteiger partial charge < -0.3 is 5.32 Å². The van der Waals surface area contributed by atoms with Gasteiger partial charge in [-0.05, 0) is 75.4 Å². The summed E-state index contributed by atoms with van der Waals surface area (Å²) in [4.78, 5) is 30.2. The second-order valence-electron chi connectivity index (χ2n) is 8.69. The second-order valence-corrected chi connectivity index (χ2v) is 9.10. The highest BCUT2D eigenvalue weighted by Crippen LogP contribution is 2.30. The number of aromatic nitrogens is 3. The van der Waals surface area contributed by atoms with E-state index in [0.29, 0.717) is 22.5 Å². The molecule has 0 fully saturated rings. The van der Waals surface area contributed by atoms with Crippen LogP contribution in [0, 0.1) is 5.82 Å². The Hall–Kier alpha value is -3.84. The van der Waals surface area contributed by atoms with Crippen molar-refractivity contribution in [3.8, 4) is 11.3 Å². The van der Waals surface area contributed by atoms with Crippen molar-refractivity contribution in [2.75, 3.05) is 5.32 Å². The van der Waals surface area contributed by atoms with Gasteiger partial charge in [0.15, 0.2) is 0 Å². The largest absolute Gasteiger partial charge is 0.322 e. The monoisotopic (exact) mass is 476 g/mol. The number of benzene rings is 2. The SMILES string of the molecule is CC(C)(C)n1ncc(C(=O)Nc2ccc(Cl)c(C(=O)c3ccccn3)c2)c1-c1ccc(F)cc1. The highest BCUT2D eigenvalue weighted by atomic mass is 35.5. The summed E-state index contributed by atoms with van der Waals surface area (Å²) >= 11 is 6.26. The number of hydrogen-bond acceptors (Lipinski definition) is 4. The first-order valence-corrected chi connectivity index (χ1v) is 10.9. The van der Waals surface area contributed by atoms with E-state index in [-0.39, 0.29) is 27.9 Å². The van der Waals surface area contributed by atoms with E-state index in [1.807, 2.05) is 20.8 Å². The van der Waals surface area contributed by atoms with Crippen LogP contribution in [-0.4, -0.2) is 26.5 Å². The number of carbonyl (C=O) groups excluding carboxylic acids is 2. The molecule has 0 aliphatic rings. The van der Waals surface area contributed by atoms with Gasteiger partial charge in [-0.15, -0.1) is 0 Å². The lowest BCUT2D eigenvalue weighted by Gasteiger charge is -2.23. The molecule has 0 atom stereocenters. The van der Waals surface area contributed by atoms with Crippen molar-refractivity contribution in [2.24, 2.45) is 0 Å². The van der Waals surface area contributed by atoms with Crippen molar-refractivity contribution in [1.29, 1.82) is 0 Å². The summed E-state index contributed by atoms with van der Waals surface area (Å²) in [7, 11) is 0. The number of hydrogen-bond donors (Lipinski definition) is 1. The van der Waals surface area contributed by atoms with Crippen molar-refractivity contribution in [2.45, 2.75) is 26.3 Å². The molecule has 2 heterocycles. The van der Waals surface area contributed by atoms with E-state index in [1.165, 1.54) is 30.6 Å². The molecule has 1 N–H and O–H groups in total. The van der Waals surface area contributed by atoms with Crippen LogP contribution in [0.4, 0.5) is 10.1 Å². The van der Waals surface area contributed by atoms with Gasteiger partial charge in [-0.1, -0.05) is 17.7 Å². The fraction of sp³-hybridized carbons (Fsp3) is 0.154. The van der Waals surface area contributed by atoms with Crippen LogP contribution in [-0.2, 0) is 5.54 Å². The summed E-state index contributed by atoms with van der Waals surface area (Å²) in [6.07, 6.45) is 3.01. The Morgan fingerprint density at radius 1 is 1.00 bits per heavy atom. The number of carbonyl (C=O) groups is 2. The van der Waals surface area contributed by atoms with Gasteiger partial charge in [0.25, 0.3) is 5.91 Å². The standard InChI is InChI=1S/C26H22ClFN4O2/c1-26(2,3)32-23(16-7-9-17(28)10-8-16)20(15-30-32)25(34)31-18-11-12-21(27)19(14-18)24(33)22-6-4-5-13-29-22/h4-15H,1-3H3,(H,31,34). The summed E-state index contributed by atoms with van der Waals surface area (Å²) in [5.74, 6) is -1.15. The van der Waals surface area contributed by atoms with Crippen LogP contribution in [0.2, 0.25) is 5.02 Å². The van der Waals surface area contributed by atoms with E-state index >= 15 is 0 Å². The third-order valence-electron chi connectivity index (χ3n) is 5.13. The van der Waals surface area contributed by atoms with Crippen molar-refractivity contribution in [3.63, 3.8) is 0 Å². The van der Waals surface area contributed by atoms with Gasteiger partial charge in [0, 0.05) is 23.0 Å². The molecule has 4 aromatic rings. The average Bonchev–Trinajstić information content (AvgIpc) is 3.27. The molecule has 0 saturated carbocycles. The third-order valence-corrected chi connectivity index (χ3v) is 5.46. The zero-order valence-electron chi connectivity index (χ0n) is 18.8. The fourth-order valence-electron chi connectivity index (χ4n) is 3.52. The minimum atomic E-state index is -0.426. The summed E-state index contributed by atoms with van der Waals surface area (Å²) in [6.45, 7) is 5.89. The maximum atomic E-state index is 13.5. The van der Waals surface area contributed by atoms with Gasteiger partial charge in [0.2, 0.25) is 5.78 Å². The van der Waals surface area contributed by atoms with Crippen LogP contribution in [0.5, 0.6) is 0 Å². The number of rotatable bonds is 5. The quantitative estimate of drug-likeness (QED) is 0.360. The fourth-order valence-corrected chi connectivity index (χ4v) is 3.72.